The average Bonchev–Trinajstić information content (AvgIpc) is 2.61. The summed E-state index contributed by atoms with van der Waals surface area (Å²) in [7, 11) is 1.18. The van der Waals surface area contributed by atoms with E-state index in [9.17, 15) is 23.2 Å². The van der Waals surface area contributed by atoms with E-state index in [-0.39, 0.29) is 23.4 Å². The highest BCUT2D eigenvalue weighted by Crippen LogP contribution is 2.33. The minimum atomic E-state index is -0.916. The van der Waals surface area contributed by atoms with E-state index in [0.717, 1.165) is 18.2 Å². The highest BCUT2D eigenvalue weighted by Gasteiger charge is 2.31. The van der Waals surface area contributed by atoms with E-state index in [0.29, 0.717) is 5.56 Å². The van der Waals surface area contributed by atoms with Gasteiger partial charge in [0.05, 0.1) is 24.3 Å². The highest BCUT2D eigenvalue weighted by atomic mass is 19.1. The maximum Gasteiger partial charge on any atom is 0.337 e. The minimum absolute atomic E-state index is 0.0630. The lowest BCUT2D eigenvalue weighted by atomic mass is 9.89. The number of nitrogens with one attached hydrogen (secondary N) is 2. The van der Waals surface area contributed by atoms with E-state index in [1.54, 1.807) is 0 Å². The average molecular weight is 360 g/mol. The Hall–Kier alpha value is -3.29. The molecule has 1 aliphatic heterocycles. The van der Waals surface area contributed by atoms with Crippen molar-refractivity contribution in [2.45, 2.75) is 12.3 Å². The molecule has 26 heavy (non-hydrogen) atoms. The fourth-order valence-corrected chi connectivity index (χ4v) is 2.76. The quantitative estimate of drug-likeness (QED) is 0.825. The van der Waals surface area contributed by atoms with E-state index in [2.05, 4.69) is 15.4 Å². The zero-order chi connectivity index (χ0) is 18.8. The summed E-state index contributed by atoms with van der Waals surface area (Å²) in [6.07, 6.45) is -0.164. The van der Waals surface area contributed by atoms with Crippen LogP contribution in [0.3, 0.4) is 0 Å². The fourth-order valence-electron chi connectivity index (χ4n) is 2.76. The molecular weight excluding hydrogens is 346 g/mol. The van der Waals surface area contributed by atoms with Gasteiger partial charge in [-0.2, -0.15) is 0 Å². The van der Waals surface area contributed by atoms with Crippen molar-refractivity contribution in [3.05, 3.63) is 59.2 Å². The lowest BCUT2D eigenvalue weighted by molar-refractivity contribution is -0.123. The second-order valence-electron chi connectivity index (χ2n) is 5.71. The van der Waals surface area contributed by atoms with Crippen LogP contribution >= 0.6 is 0 Å². The lowest BCUT2D eigenvalue weighted by Crippen LogP contribution is -2.31. The summed E-state index contributed by atoms with van der Waals surface area (Å²) in [6, 6.07) is 7.09. The SMILES string of the molecule is COC(=O)c1ccc(F)c(NC(=O)C2CC(=O)Nc3cc(F)ccc32)c1. The van der Waals surface area contributed by atoms with Crippen molar-refractivity contribution >= 4 is 29.2 Å². The number of methoxy groups -OCH3 is 1. The predicted octanol–water partition coefficient (Wildman–Crippen LogP) is 2.82. The third kappa shape index (κ3) is 3.39. The molecule has 2 aromatic carbocycles. The Kier molecular flexibility index (Phi) is 4.66. The summed E-state index contributed by atoms with van der Waals surface area (Å²) in [5.41, 5.74) is 0.471. The van der Waals surface area contributed by atoms with Gasteiger partial charge in [0.1, 0.15) is 11.6 Å². The normalized spacial score (nSPS) is 15.7. The molecule has 0 saturated carbocycles. The van der Waals surface area contributed by atoms with Crippen LogP contribution in [0.4, 0.5) is 20.2 Å². The Bertz CT molecular complexity index is 914. The molecule has 134 valence electrons. The standard InChI is InChI=1S/C18H14F2N2O4/c1-26-18(25)9-2-5-13(20)15(6-9)22-17(24)12-8-16(23)21-14-7-10(19)3-4-11(12)14/h2-7,12H,8H2,1H3,(H,21,23)(H,22,24). The van der Waals surface area contributed by atoms with E-state index >= 15 is 0 Å². The summed E-state index contributed by atoms with van der Waals surface area (Å²) in [5, 5.41) is 4.88. The zero-order valence-corrected chi connectivity index (χ0v) is 13.6. The van der Waals surface area contributed by atoms with E-state index in [4.69, 9.17) is 0 Å². The molecule has 0 aliphatic carbocycles. The molecule has 6 nitrogen and oxygen atoms in total. The smallest absolute Gasteiger partial charge is 0.337 e. The summed E-state index contributed by atoms with van der Waals surface area (Å²) in [6.45, 7) is 0. The monoisotopic (exact) mass is 360 g/mol. The van der Waals surface area contributed by atoms with Crippen molar-refractivity contribution in [3.63, 3.8) is 0 Å². The number of ether oxygens (including phenoxy) is 1. The molecule has 1 heterocycles. The molecule has 2 aromatic rings. The summed E-state index contributed by atoms with van der Waals surface area (Å²) >= 11 is 0. The molecule has 1 aliphatic rings. The number of benzene rings is 2. The van der Waals surface area contributed by atoms with Crippen molar-refractivity contribution in [2.75, 3.05) is 17.7 Å². The number of carbonyl (C=O) groups excluding carboxylic acids is 3. The molecule has 0 radical (unpaired) electrons. The predicted molar refractivity (Wildman–Crippen MR) is 88.8 cm³/mol. The number of esters is 1. The van der Waals surface area contributed by atoms with E-state index in [1.165, 1.54) is 25.3 Å². The Morgan fingerprint density at radius 2 is 1.96 bits per heavy atom. The second kappa shape index (κ2) is 6.91. The van der Waals surface area contributed by atoms with Crippen molar-refractivity contribution < 1.29 is 27.9 Å². The number of fused-ring (bicyclic) bond motifs is 1. The van der Waals surface area contributed by atoms with Gasteiger partial charge in [-0.05, 0) is 35.9 Å². The molecular formula is C18H14F2N2O4. The van der Waals surface area contributed by atoms with Gasteiger partial charge in [-0.3, -0.25) is 9.59 Å². The van der Waals surface area contributed by atoms with Crippen LogP contribution in [0.15, 0.2) is 36.4 Å². The van der Waals surface area contributed by atoms with E-state index in [1.807, 2.05) is 0 Å². The van der Waals surface area contributed by atoms with Crippen molar-refractivity contribution in [2.24, 2.45) is 0 Å². The maximum atomic E-state index is 14.0. The summed E-state index contributed by atoms with van der Waals surface area (Å²) in [5.74, 6) is -3.99. The second-order valence-corrected chi connectivity index (χ2v) is 5.71. The van der Waals surface area contributed by atoms with Crippen LogP contribution in [-0.4, -0.2) is 24.9 Å². The van der Waals surface area contributed by atoms with Gasteiger partial charge >= 0.3 is 5.97 Å². The number of hydrogen-bond acceptors (Lipinski definition) is 4. The number of carbonyl (C=O) groups is 3. The molecule has 0 fully saturated rings. The molecule has 0 saturated heterocycles. The molecule has 1 atom stereocenters. The molecule has 8 heteroatoms. The zero-order valence-electron chi connectivity index (χ0n) is 13.6. The number of halogens is 2. The number of rotatable bonds is 3. The van der Waals surface area contributed by atoms with Gasteiger partial charge in [0.15, 0.2) is 0 Å². The maximum absolute atomic E-state index is 14.0. The Morgan fingerprint density at radius 1 is 1.19 bits per heavy atom. The Balaban J connectivity index is 1.89. The van der Waals surface area contributed by atoms with Crippen LogP contribution in [0.25, 0.3) is 0 Å². The molecule has 2 N–H and O–H groups in total. The first-order valence-corrected chi connectivity index (χ1v) is 7.67. The third-order valence-corrected chi connectivity index (χ3v) is 4.02. The molecule has 0 bridgehead atoms. The molecule has 1 unspecified atom stereocenters. The van der Waals surface area contributed by atoms with Crippen LogP contribution in [0.1, 0.15) is 28.3 Å². The van der Waals surface area contributed by atoms with Crippen molar-refractivity contribution in [3.8, 4) is 0 Å². The number of hydrogen-bond donors (Lipinski definition) is 2. The molecule has 0 spiro atoms. The van der Waals surface area contributed by atoms with Gasteiger partial charge in [0.25, 0.3) is 0 Å². The topological polar surface area (TPSA) is 84.5 Å². The molecule has 3 rings (SSSR count). The molecule has 2 amide bonds. The fraction of sp³-hybridized carbons (Fsp3) is 0.167. The van der Waals surface area contributed by atoms with Gasteiger partial charge in [0.2, 0.25) is 11.8 Å². The third-order valence-electron chi connectivity index (χ3n) is 4.02. The van der Waals surface area contributed by atoms with Crippen LogP contribution in [0.5, 0.6) is 0 Å². The van der Waals surface area contributed by atoms with Crippen LogP contribution in [0, 0.1) is 11.6 Å². The van der Waals surface area contributed by atoms with Crippen LogP contribution in [0.2, 0.25) is 0 Å². The van der Waals surface area contributed by atoms with Gasteiger partial charge in [0, 0.05) is 12.1 Å². The number of amides is 2. The highest BCUT2D eigenvalue weighted by molar-refractivity contribution is 6.05. The Labute approximate surface area is 147 Å². The largest absolute Gasteiger partial charge is 0.465 e. The number of anilines is 2. The van der Waals surface area contributed by atoms with Crippen LogP contribution in [-0.2, 0) is 14.3 Å². The van der Waals surface area contributed by atoms with Gasteiger partial charge < -0.3 is 15.4 Å². The molecule has 0 aromatic heterocycles. The first-order valence-electron chi connectivity index (χ1n) is 7.67. The van der Waals surface area contributed by atoms with Gasteiger partial charge in [-0.15, -0.1) is 0 Å². The lowest BCUT2D eigenvalue weighted by Gasteiger charge is -2.25. The Morgan fingerprint density at radius 3 is 2.69 bits per heavy atom. The van der Waals surface area contributed by atoms with Gasteiger partial charge in [-0.25, -0.2) is 13.6 Å². The van der Waals surface area contributed by atoms with Gasteiger partial charge in [-0.1, -0.05) is 6.07 Å². The summed E-state index contributed by atoms with van der Waals surface area (Å²) in [4.78, 5) is 36.0. The van der Waals surface area contributed by atoms with E-state index < -0.39 is 35.3 Å². The van der Waals surface area contributed by atoms with Crippen molar-refractivity contribution in [1.82, 2.24) is 0 Å². The first-order chi connectivity index (χ1) is 12.4. The van der Waals surface area contributed by atoms with Crippen molar-refractivity contribution in [1.29, 1.82) is 0 Å². The van der Waals surface area contributed by atoms with Crippen LogP contribution < -0.4 is 10.6 Å². The first kappa shape index (κ1) is 17.5. The minimum Gasteiger partial charge on any atom is -0.465 e. The summed E-state index contributed by atoms with van der Waals surface area (Å²) < 4.78 is 31.9.